The first-order valence-corrected chi connectivity index (χ1v) is 8.37. The molecule has 21 heavy (non-hydrogen) atoms. The molecule has 0 radical (unpaired) electrons. The second-order valence-electron chi connectivity index (χ2n) is 4.98. The van der Waals surface area contributed by atoms with E-state index in [2.05, 4.69) is 5.32 Å². The third-order valence-corrected chi connectivity index (χ3v) is 5.19. The predicted molar refractivity (Wildman–Crippen MR) is 87.1 cm³/mol. The molecule has 0 atom stereocenters. The molecule has 1 aliphatic carbocycles. The third kappa shape index (κ3) is 5.04. The highest BCUT2D eigenvalue weighted by molar-refractivity contribution is 8.23. The van der Waals surface area contributed by atoms with E-state index in [0.717, 1.165) is 18.9 Å². The maximum Gasteiger partial charge on any atom is 0.417 e. The summed E-state index contributed by atoms with van der Waals surface area (Å²) < 4.78 is 38.9. The minimum absolute atomic E-state index is 0.307. The Morgan fingerprint density at radius 2 is 1.90 bits per heavy atom. The molecule has 1 fully saturated rings. The molecule has 0 saturated heterocycles. The van der Waals surface area contributed by atoms with Crippen LogP contribution >= 0.6 is 35.6 Å². The van der Waals surface area contributed by atoms with E-state index in [4.69, 9.17) is 23.8 Å². The van der Waals surface area contributed by atoms with Crippen molar-refractivity contribution in [1.82, 2.24) is 0 Å². The van der Waals surface area contributed by atoms with Crippen LogP contribution in [-0.4, -0.2) is 9.57 Å². The molecule has 0 amide bonds. The molecule has 7 heteroatoms. The van der Waals surface area contributed by atoms with E-state index in [1.54, 1.807) is 0 Å². The molecule has 1 aliphatic rings. The number of thioether (sulfide) groups is 1. The topological polar surface area (TPSA) is 12.0 Å². The van der Waals surface area contributed by atoms with Crippen molar-refractivity contribution in [2.75, 3.05) is 5.32 Å². The number of rotatable bonds is 2. The highest BCUT2D eigenvalue weighted by Crippen LogP contribution is 2.36. The van der Waals surface area contributed by atoms with Gasteiger partial charge in [-0.3, -0.25) is 0 Å². The van der Waals surface area contributed by atoms with Gasteiger partial charge in [-0.15, -0.1) is 0 Å². The maximum atomic E-state index is 12.8. The molecule has 0 aliphatic heterocycles. The summed E-state index contributed by atoms with van der Waals surface area (Å²) in [6.45, 7) is 0. The summed E-state index contributed by atoms with van der Waals surface area (Å²) in [7, 11) is 0. The lowest BCUT2D eigenvalue weighted by Gasteiger charge is -2.21. The molecule has 2 rings (SSSR count). The van der Waals surface area contributed by atoms with Crippen molar-refractivity contribution >= 4 is 45.6 Å². The van der Waals surface area contributed by atoms with Gasteiger partial charge < -0.3 is 5.32 Å². The number of hydrogen-bond donors (Lipinski definition) is 1. The average molecular weight is 354 g/mol. The summed E-state index contributed by atoms with van der Waals surface area (Å²) in [5, 5.41) is 3.02. The Hall–Kier alpha value is -0.460. The molecule has 1 aromatic rings. The van der Waals surface area contributed by atoms with Crippen molar-refractivity contribution in [3.05, 3.63) is 28.8 Å². The van der Waals surface area contributed by atoms with E-state index in [1.165, 1.54) is 43.2 Å². The number of hydrogen-bond acceptors (Lipinski definition) is 2. The first-order valence-electron chi connectivity index (χ1n) is 6.70. The van der Waals surface area contributed by atoms with Crippen LogP contribution < -0.4 is 5.32 Å². The fourth-order valence-corrected chi connectivity index (χ4v) is 4.10. The molecule has 1 aromatic carbocycles. The lowest BCUT2D eigenvalue weighted by Crippen LogP contribution is -2.15. The van der Waals surface area contributed by atoms with Crippen LogP contribution in [0.2, 0.25) is 5.02 Å². The van der Waals surface area contributed by atoms with E-state index < -0.39 is 11.7 Å². The van der Waals surface area contributed by atoms with Gasteiger partial charge in [0.15, 0.2) is 0 Å². The lowest BCUT2D eigenvalue weighted by molar-refractivity contribution is -0.137. The average Bonchev–Trinajstić information content (AvgIpc) is 2.41. The second-order valence-corrected chi connectivity index (χ2v) is 7.37. The van der Waals surface area contributed by atoms with Gasteiger partial charge in [0.05, 0.1) is 10.6 Å². The van der Waals surface area contributed by atoms with Gasteiger partial charge in [0, 0.05) is 10.9 Å². The Balaban J connectivity index is 2.00. The number of anilines is 1. The Kier molecular flexibility index (Phi) is 5.80. The molecule has 0 aromatic heterocycles. The Morgan fingerprint density at radius 1 is 1.24 bits per heavy atom. The third-order valence-electron chi connectivity index (χ3n) is 3.34. The molecular formula is C14H15ClF3NS2. The number of nitrogens with one attached hydrogen (secondary N) is 1. The zero-order valence-corrected chi connectivity index (χ0v) is 13.6. The molecular weight excluding hydrogens is 339 g/mol. The van der Waals surface area contributed by atoms with Gasteiger partial charge in [-0.05, 0) is 31.0 Å². The van der Waals surface area contributed by atoms with Crippen LogP contribution in [0.4, 0.5) is 18.9 Å². The number of alkyl halides is 3. The van der Waals surface area contributed by atoms with Gasteiger partial charge in [-0.1, -0.05) is 54.8 Å². The van der Waals surface area contributed by atoms with Crippen molar-refractivity contribution in [2.24, 2.45) is 0 Å². The van der Waals surface area contributed by atoms with E-state index in [1.807, 2.05) is 0 Å². The smallest absolute Gasteiger partial charge is 0.341 e. The first-order chi connectivity index (χ1) is 9.86. The zero-order valence-electron chi connectivity index (χ0n) is 11.2. The van der Waals surface area contributed by atoms with Crippen molar-refractivity contribution in [2.45, 2.75) is 43.5 Å². The van der Waals surface area contributed by atoms with E-state index >= 15 is 0 Å². The Bertz CT molecular complexity index is 513. The summed E-state index contributed by atoms with van der Waals surface area (Å²) in [6, 6.07) is 3.74. The molecule has 0 unspecified atom stereocenters. The van der Waals surface area contributed by atoms with Gasteiger partial charge in [0.1, 0.15) is 4.32 Å². The lowest BCUT2D eigenvalue weighted by atomic mass is 10.0. The SMILES string of the molecule is FC(F)(F)c1cc(NC(=S)SC2CCCCC2)ccc1Cl. The standard InChI is InChI=1S/C14H15ClF3NS2/c15-12-7-6-9(8-11(12)14(16,17)18)19-13(20)21-10-4-2-1-3-5-10/h6-8,10H,1-5H2,(H,19,20). The molecule has 0 bridgehead atoms. The van der Waals surface area contributed by atoms with Crippen LogP contribution in [0, 0.1) is 0 Å². The van der Waals surface area contributed by atoms with Gasteiger partial charge in [-0.25, -0.2) is 0 Å². The van der Waals surface area contributed by atoms with Crippen LogP contribution in [0.25, 0.3) is 0 Å². The molecule has 116 valence electrons. The van der Waals surface area contributed by atoms with E-state index in [9.17, 15) is 13.2 Å². The summed E-state index contributed by atoms with van der Waals surface area (Å²) in [6.07, 6.45) is 1.40. The van der Waals surface area contributed by atoms with Crippen molar-refractivity contribution < 1.29 is 13.2 Å². The van der Waals surface area contributed by atoms with Crippen LogP contribution in [0.5, 0.6) is 0 Å². The zero-order chi connectivity index (χ0) is 15.5. The number of thiocarbonyl (C=S) groups is 1. The van der Waals surface area contributed by atoms with Crippen LogP contribution in [0.3, 0.4) is 0 Å². The fraction of sp³-hybridized carbons (Fsp3) is 0.500. The summed E-state index contributed by atoms with van der Waals surface area (Å²) in [5.41, 5.74) is -0.528. The summed E-state index contributed by atoms with van der Waals surface area (Å²) >= 11 is 12.4. The van der Waals surface area contributed by atoms with Crippen LogP contribution in [0.15, 0.2) is 18.2 Å². The van der Waals surface area contributed by atoms with Gasteiger partial charge in [-0.2, -0.15) is 13.2 Å². The summed E-state index contributed by atoms with van der Waals surface area (Å²) in [4.78, 5) is 0. The minimum Gasteiger partial charge on any atom is -0.341 e. The van der Waals surface area contributed by atoms with Gasteiger partial charge >= 0.3 is 6.18 Å². The fourth-order valence-electron chi connectivity index (χ4n) is 2.30. The van der Waals surface area contributed by atoms with Crippen molar-refractivity contribution in [3.8, 4) is 0 Å². The molecule has 0 heterocycles. The molecule has 1 nitrogen and oxygen atoms in total. The van der Waals surface area contributed by atoms with Crippen molar-refractivity contribution in [1.29, 1.82) is 0 Å². The summed E-state index contributed by atoms with van der Waals surface area (Å²) in [5.74, 6) is 0. The Morgan fingerprint density at radius 3 is 2.52 bits per heavy atom. The van der Waals surface area contributed by atoms with Crippen LogP contribution in [-0.2, 0) is 6.18 Å². The first kappa shape index (κ1) is 16.9. The maximum absolute atomic E-state index is 12.8. The highest BCUT2D eigenvalue weighted by atomic mass is 35.5. The van der Waals surface area contributed by atoms with Gasteiger partial charge in [0.25, 0.3) is 0 Å². The number of halogens is 4. The second kappa shape index (κ2) is 7.20. The Labute approximate surface area is 136 Å². The minimum atomic E-state index is -4.47. The molecule has 1 saturated carbocycles. The van der Waals surface area contributed by atoms with Gasteiger partial charge in [0.2, 0.25) is 0 Å². The largest absolute Gasteiger partial charge is 0.417 e. The quantitative estimate of drug-likeness (QED) is 0.643. The molecule has 1 N–H and O–H groups in total. The van der Waals surface area contributed by atoms with Crippen molar-refractivity contribution in [3.63, 3.8) is 0 Å². The molecule has 0 spiro atoms. The highest BCUT2D eigenvalue weighted by Gasteiger charge is 2.33. The predicted octanol–water partition coefficient (Wildman–Crippen LogP) is 6.12. The van der Waals surface area contributed by atoms with E-state index in [0.29, 0.717) is 15.3 Å². The van der Waals surface area contributed by atoms with Crippen LogP contribution in [0.1, 0.15) is 37.7 Å². The number of benzene rings is 1. The monoisotopic (exact) mass is 353 g/mol. The normalized spacial score (nSPS) is 16.8. The van der Waals surface area contributed by atoms with E-state index in [-0.39, 0.29) is 5.02 Å².